The number of nitrogens with one attached hydrogen (secondary N) is 1. The van der Waals surface area contributed by atoms with Crippen molar-refractivity contribution in [3.05, 3.63) is 0 Å². The first-order valence-electron chi connectivity index (χ1n) is 7.35. The average molecular weight is 252 g/mol. The Bertz CT molecular complexity index is 348. The molecule has 4 heteroatoms. The van der Waals surface area contributed by atoms with Crippen molar-refractivity contribution in [1.82, 2.24) is 10.2 Å². The van der Waals surface area contributed by atoms with E-state index >= 15 is 0 Å². The lowest BCUT2D eigenvalue weighted by Gasteiger charge is -2.43. The van der Waals surface area contributed by atoms with Gasteiger partial charge in [0.05, 0.1) is 17.8 Å². The molecule has 4 nitrogen and oxygen atoms in total. The molecule has 2 heterocycles. The minimum absolute atomic E-state index is 0.00248. The SMILES string of the molecule is CCC1(CC)CC(N2CNC3(CC3)C2=O)CCO1. The molecule has 0 aromatic heterocycles. The summed E-state index contributed by atoms with van der Waals surface area (Å²) in [5.41, 5.74) is -0.151. The van der Waals surface area contributed by atoms with Crippen molar-refractivity contribution < 1.29 is 9.53 Å². The first-order chi connectivity index (χ1) is 8.65. The fraction of sp³-hybridized carbons (Fsp3) is 0.929. The summed E-state index contributed by atoms with van der Waals surface area (Å²) >= 11 is 0. The van der Waals surface area contributed by atoms with Crippen LogP contribution in [-0.2, 0) is 9.53 Å². The van der Waals surface area contributed by atoms with Gasteiger partial charge in [0.2, 0.25) is 5.91 Å². The fourth-order valence-electron chi connectivity index (χ4n) is 3.48. The highest BCUT2D eigenvalue weighted by Crippen LogP contribution is 2.43. The Morgan fingerprint density at radius 1 is 1.39 bits per heavy atom. The highest BCUT2D eigenvalue weighted by molar-refractivity contribution is 5.91. The summed E-state index contributed by atoms with van der Waals surface area (Å²) in [4.78, 5) is 14.5. The summed E-state index contributed by atoms with van der Waals surface area (Å²) in [5.74, 6) is 0.343. The summed E-state index contributed by atoms with van der Waals surface area (Å²) < 4.78 is 6.00. The van der Waals surface area contributed by atoms with Gasteiger partial charge < -0.3 is 9.64 Å². The Kier molecular flexibility index (Phi) is 2.90. The summed E-state index contributed by atoms with van der Waals surface area (Å²) in [6.07, 6.45) is 6.13. The van der Waals surface area contributed by atoms with Crippen molar-refractivity contribution in [2.75, 3.05) is 13.3 Å². The third kappa shape index (κ3) is 1.77. The van der Waals surface area contributed by atoms with Gasteiger partial charge in [0.1, 0.15) is 0 Å². The normalized spacial score (nSPS) is 33.1. The van der Waals surface area contributed by atoms with E-state index in [0.717, 1.165) is 51.8 Å². The predicted molar refractivity (Wildman–Crippen MR) is 69.1 cm³/mol. The van der Waals surface area contributed by atoms with Crippen LogP contribution in [0.1, 0.15) is 52.4 Å². The van der Waals surface area contributed by atoms with E-state index in [0.29, 0.717) is 11.9 Å². The maximum absolute atomic E-state index is 12.4. The Morgan fingerprint density at radius 3 is 2.67 bits per heavy atom. The van der Waals surface area contributed by atoms with Crippen LogP contribution in [0.15, 0.2) is 0 Å². The molecule has 1 unspecified atom stereocenters. The quantitative estimate of drug-likeness (QED) is 0.830. The van der Waals surface area contributed by atoms with Gasteiger partial charge in [-0.15, -0.1) is 0 Å². The number of nitrogens with zero attached hydrogens (tertiary/aromatic N) is 1. The first kappa shape index (κ1) is 12.4. The molecule has 18 heavy (non-hydrogen) atoms. The zero-order valence-electron chi connectivity index (χ0n) is 11.5. The number of amides is 1. The smallest absolute Gasteiger partial charge is 0.244 e. The highest BCUT2D eigenvalue weighted by Gasteiger charge is 2.57. The zero-order chi connectivity index (χ0) is 12.8. The molecular formula is C14H24N2O2. The van der Waals surface area contributed by atoms with Gasteiger partial charge in [-0.2, -0.15) is 0 Å². The molecule has 1 saturated carbocycles. The van der Waals surface area contributed by atoms with Crippen molar-refractivity contribution in [2.24, 2.45) is 0 Å². The van der Waals surface area contributed by atoms with Crippen molar-refractivity contribution in [3.63, 3.8) is 0 Å². The largest absolute Gasteiger partial charge is 0.375 e. The van der Waals surface area contributed by atoms with Gasteiger partial charge in [-0.05, 0) is 38.5 Å². The molecule has 0 aromatic rings. The number of rotatable bonds is 3. The number of carbonyl (C=O) groups is 1. The van der Waals surface area contributed by atoms with Crippen molar-refractivity contribution in [1.29, 1.82) is 0 Å². The number of hydrogen-bond donors (Lipinski definition) is 1. The summed E-state index contributed by atoms with van der Waals surface area (Å²) in [7, 11) is 0. The van der Waals surface area contributed by atoms with E-state index in [4.69, 9.17) is 4.74 Å². The molecule has 3 rings (SSSR count). The van der Waals surface area contributed by atoms with Crippen LogP contribution in [0.3, 0.4) is 0 Å². The molecular weight excluding hydrogens is 228 g/mol. The minimum Gasteiger partial charge on any atom is -0.375 e. The second-order valence-electron chi connectivity index (χ2n) is 6.08. The second kappa shape index (κ2) is 4.20. The summed E-state index contributed by atoms with van der Waals surface area (Å²) in [6, 6.07) is 0.374. The predicted octanol–water partition coefficient (Wildman–Crippen LogP) is 1.65. The van der Waals surface area contributed by atoms with Crippen LogP contribution in [0.2, 0.25) is 0 Å². The van der Waals surface area contributed by atoms with Crippen molar-refractivity contribution in [2.45, 2.75) is 69.6 Å². The van der Waals surface area contributed by atoms with Gasteiger partial charge in [0.15, 0.2) is 0 Å². The first-order valence-corrected chi connectivity index (χ1v) is 7.35. The molecule has 0 bridgehead atoms. The fourth-order valence-corrected chi connectivity index (χ4v) is 3.48. The minimum atomic E-state index is -0.153. The molecule has 0 aromatic carbocycles. The number of ether oxygens (including phenoxy) is 1. The molecule has 1 aliphatic carbocycles. The second-order valence-corrected chi connectivity index (χ2v) is 6.08. The van der Waals surface area contributed by atoms with Gasteiger partial charge in [-0.25, -0.2) is 0 Å². The lowest BCUT2D eigenvalue weighted by atomic mass is 9.85. The van der Waals surface area contributed by atoms with E-state index in [9.17, 15) is 4.79 Å². The topological polar surface area (TPSA) is 41.6 Å². The van der Waals surface area contributed by atoms with Crippen LogP contribution in [-0.4, -0.2) is 41.3 Å². The standard InChI is InChI=1S/C14H24N2O2/c1-3-13(4-2)9-11(5-8-18-13)16-10-15-14(6-7-14)12(16)17/h11,15H,3-10H2,1-2H3. The van der Waals surface area contributed by atoms with Crippen LogP contribution in [0.5, 0.6) is 0 Å². The number of hydrogen-bond acceptors (Lipinski definition) is 3. The molecule has 1 N–H and O–H groups in total. The molecule has 3 fully saturated rings. The third-order valence-electron chi connectivity index (χ3n) is 5.20. The lowest BCUT2D eigenvalue weighted by molar-refractivity contribution is -0.141. The van der Waals surface area contributed by atoms with E-state index < -0.39 is 0 Å². The Hall–Kier alpha value is -0.610. The van der Waals surface area contributed by atoms with Gasteiger partial charge in [-0.3, -0.25) is 10.1 Å². The zero-order valence-corrected chi connectivity index (χ0v) is 11.5. The molecule has 2 aliphatic heterocycles. The van der Waals surface area contributed by atoms with Crippen LogP contribution in [0.25, 0.3) is 0 Å². The van der Waals surface area contributed by atoms with E-state index in [1.54, 1.807) is 0 Å². The molecule has 1 spiro atoms. The van der Waals surface area contributed by atoms with Gasteiger partial charge in [0, 0.05) is 12.6 Å². The Labute approximate surface area is 109 Å². The summed E-state index contributed by atoms with van der Waals surface area (Å²) in [5, 5.41) is 3.40. The maximum Gasteiger partial charge on any atom is 0.244 e. The van der Waals surface area contributed by atoms with E-state index in [1.807, 2.05) is 0 Å². The number of carbonyl (C=O) groups excluding carboxylic acids is 1. The molecule has 0 radical (unpaired) electrons. The molecule has 3 aliphatic rings. The Balaban J connectivity index is 1.71. The Morgan fingerprint density at radius 2 is 2.11 bits per heavy atom. The van der Waals surface area contributed by atoms with Crippen LogP contribution in [0.4, 0.5) is 0 Å². The van der Waals surface area contributed by atoms with E-state index in [1.165, 1.54) is 0 Å². The van der Waals surface area contributed by atoms with Gasteiger partial charge in [0.25, 0.3) is 0 Å². The molecule has 1 amide bonds. The summed E-state index contributed by atoms with van der Waals surface area (Å²) in [6.45, 7) is 5.92. The molecule has 1 atom stereocenters. The van der Waals surface area contributed by atoms with Crippen molar-refractivity contribution >= 4 is 5.91 Å². The lowest BCUT2D eigenvalue weighted by Crippen LogP contribution is -2.49. The monoisotopic (exact) mass is 252 g/mol. The van der Waals surface area contributed by atoms with E-state index in [-0.39, 0.29) is 11.1 Å². The van der Waals surface area contributed by atoms with Crippen LogP contribution in [0, 0.1) is 0 Å². The highest BCUT2D eigenvalue weighted by atomic mass is 16.5. The van der Waals surface area contributed by atoms with Crippen molar-refractivity contribution in [3.8, 4) is 0 Å². The third-order valence-corrected chi connectivity index (χ3v) is 5.20. The van der Waals surface area contributed by atoms with Crippen LogP contribution < -0.4 is 5.32 Å². The van der Waals surface area contributed by atoms with E-state index in [2.05, 4.69) is 24.1 Å². The van der Waals surface area contributed by atoms with Crippen LogP contribution >= 0.6 is 0 Å². The molecule has 102 valence electrons. The molecule has 2 saturated heterocycles. The van der Waals surface area contributed by atoms with Gasteiger partial charge in [-0.1, -0.05) is 13.8 Å². The van der Waals surface area contributed by atoms with Gasteiger partial charge >= 0.3 is 0 Å². The maximum atomic E-state index is 12.4. The average Bonchev–Trinajstić information content (AvgIpc) is 3.12.